The molecular weight excluding hydrogens is 164 g/mol. The molecule has 0 amide bonds. The summed E-state index contributed by atoms with van der Waals surface area (Å²) in [5.74, 6) is 0. The molecule has 0 aliphatic carbocycles. The molecule has 4 nitrogen and oxygen atoms in total. The minimum Gasteiger partial charge on any atom is -0.255 e. The first-order valence-corrected chi connectivity index (χ1v) is 3.90. The third-order valence-electron chi connectivity index (χ3n) is 1.54. The van der Waals surface area contributed by atoms with E-state index in [0.717, 1.165) is 11.4 Å². The Balaban J connectivity index is 2.15. The first-order valence-electron chi connectivity index (χ1n) is 3.90. The van der Waals surface area contributed by atoms with E-state index in [-0.39, 0.29) is 0 Å². The molecule has 2 aromatic rings. The number of hydrogen-bond donors (Lipinski definition) is 1. The molecule has 0 aliphatic heterocycles. The maximum absolute atomic E-state index is 4.20. The van der Waals surface area contributed by atoms with Crippen molar-refractivity contribution in [2.24, 2.45) is 4.99 Å². The number of nitrogens with one attached hydrogen (secondary N) is 1. The van der Waals surface area contributed by atoms with Gasteiger partial charge in [0.2, 0.25) is 0 Å². The maximum atomic E-state index is 4.20. The van der Waals surface area contributed by atoms with Crippen molar-refractivity contribution in [3.8, 4) is 0 Å². The van der Waals surface area contributed by atoms with Gasteiger partial charge in [-0.2, -0.15) is 15.4 Å². The molecule has 0 fully saturated rings. The Morgan fingerprint density at radius 1 is 1.23 bits per heavy atom. The van der Waals surface area contributed by atoms with E-state index in [0.29, 0.717) is 0 Å². The zero-order valence-electron chi connectivity index (χ0n) is 6.88. The fraction of sp³-hybridized carbons (Fsp3) is 0. The second-order valence-corrected chi connectivity index (χ2v) is 2.49. The number of aliphatic imine (C=N–C) groups is 1. The molecule has 1 aromatic heterocycles. The summed E-state index contributed by atoms with van der Waals surface area (Å²) < 4.78 is 0. The summed E-state index contributed by atoms with van der Waals surface area (Å²) in [4.78, 5) is 4.20. The maximum Gasteiger partial charge on any atom is 0.123 e. The molecule has 4 heteroatoms. The Hall–Kier alpha value is -1.97. The normalized spacial score (nSPS) is 10.8. The highest BCUT2D eigenvalue weighted by Gasteiger charge is 1.88. The van der Waals surface area contributed by atoms with Gasteiger partial charge < -0.3 is 0 Å². The summed E-state index contributed by atoms with van der Waals surface area (Å²) in [6.07, 6.45) is 3.28. The van der Waals surface area contributed by atoms with Crippen LogP contribution in [0.1, 0.15) is 5.69 Å². The predicted molar refractivity (Wildman–Crippen MR) is 50.1 cm³/mol. The zero-order valence-corrected chi connectivity index (χ0v) is 6.88. The van der Waals surface area contributed by atoms with E-state index in [9.17, 15) is 0 Å². The monoisotopic (exact) mass is 172 g/mol. The molecule has 0 spiro atoms. The molecule has 64 valence electrons. The molecule has 0 saturated heterocycles. The number of H-pyrrole nitrogens is 1. The third-order valence-corrected chi connectivity index (χ3v) is 1.54. The van der Waals surface area contributed by atoms with Crippen molar-refractivity contribution in [2.45, 2.75) is 0 Å². The molecule has 1 aromatic carbocycles. The van der Waals surface area contributed by atoms with Gasteiger partial charge in [0, 0.05) is 0 Å². The van der Waals surface area contributed by atoms with Gasteiger partial charge in [-0.15, -0.1) is 0 Å². The smallest absolute Gasteiger partial charge is 0.123 e. The topological polar surface area (TPSA) is 53.9 Å². The van der Waals surface area contributed by atoms with E-state index in [1.807, 2.05) is 30.3 Å². The van der Waals surface area contributed by atoms with Crippen molar-refractivity contribution < 1.29 is 0 Å². The van der Waals surface area contributed by atoms with Crippen molar-refractivity contribution in [1.82, 2.24) is 15.4 Å². The average molecular weight is 172 g/mol. The van der Waals surface area contributed by atoms with E-state index in [4.69, 9.17) is 0 Å². The zero-order chi connectivity index (χ0) is 8.93. The molecule has 1 N–H and O–H groups in total. The molecular formula is C9H8N4. The summed E-state index contributed by atoms with van der Waals surface area (Å²) in [6, 6.07) is 9.69. The van der Waals surface area contributed by atoms with E-state index >= 15 is 0 Å². The minimum absolute atomic E-state index is 0.726. The number of nitrogens with zero attached hydrogens (tertiary/aromatic N) is 3. The van der Waals surface area contributed by atoms with Crippen LogP contribution in [-0.4, -0.2) is 21.6 Å². The largest absolute Gasteiger partial charge is 0.255 e. The highest BCUT2D eigenvalue weighted by atomic mass is 15.3. The van der Waals surface area contributed by atoms with Crippen molar-refractivity contribution in [3.05, 3.63) is 42.2 Å². The fourth-order valence-corrected chi connectivity index (χ4v) is 0.927. The fourth-order valence-electron chi connectivity index (χ4n) is 0.927. The minimum atomic E-state index is 0.726. The summed E-state index contributed by atoms with van der Waals surface area (Å²) in [7, 11) is 0. The van der Waals surface area contributed by atoms with Crippen LogP contribution in [0.3, 0.4) is 0 Å². The van der Waals surface area contributed by atoms with Gasteiger partial charge in [0.25, 0.3) is 0 Å². The standard InChI is InChI=1S/C9H8N4/c1-2-4-8(5-3-1)10-6-9-7-11-13-12-9/h1-7H,(H,11,12,13). The van der Waals surface area contributed by atoms with Crippen LogP contribution in [0.25, 0.3) is 0 Å². The summed E-state index contributed by atoms with van der Waals surface area (Å²) in [5, 5.41) is 10.0. The predicted octanol–water partition coefficient (Wildman–Crippen LogP) is 1.56. The Labute approximate surface area is 75.3 Å². The lowest BCUT2D eigenvalue weighted by molar-refractivity contribution is 0.938. The van der Waals surface area contributed by atoms with Crippen molar-refractivity contribution >= 4 is 11.9 Å². The van der Waals surface area contributed by atoms with Gasteiger partial charge in [-0.25, -0.2) is 0 Å². The molecule has 0 atom stereocenters. The number of para-hydroxylation sites is 1. The average Bonchev–Trinajstić information content (AvgIpc) is 2.69. The van der Waals surface area contributed by atoms with E-state index in [1.165, 1.54) is 0 Å². The van der Waals surface area contributed by atoms with Gasteiger partial charge in [-0.05, 0) is 12.1 Å². The Bertz CT molecular complexity index is 377. The summed E-state index contributed by atoms with van der Waals surface area (Å²) in [5.41, 5.74) is 1.63. The summed E-state index contributed by atoms with van der Waals surface area (Å²) >= 11 is 0. The van der Waals surface area contributed by atoms with Crippen LogP contribution in [-0.2, 0) is 0 Å². The van der Waals surface area contributed by atoms with Crippen LogP contribution in [0, 0.1) is 0 Å². The second kappa shape index (κ2) is 3.62. The summed E-state index contributed by atoms with van der Waals surface area (Å²) in [6.45, 7) is 0. The van der Waals surface area contributed by atoms with Gasteiger partial charge in [-0.3, -0.25) is 4.99 Å². The number of aromatic amines is 1. The van der Waals surface area contributed by atoms with Gasteiger partial charge in [0.15, 0.2) is 0 Å². The lowest BCUT2D eigenvalue weighted by atomic mass is 10.3. The molecule has 0 saturated carbocycles. The number of rotatable bonds is 2. The third kappa shape index (κ3) is 1.99. The Kier molecular flexibility index (Phi) is 2.14. The van der Waals surface area contributed by atoms with Crippen LogP contribution in [0.15, 0.2) is 41.5 Å². The highest BCUT2D eigenvalue weighted by molar-refractivity contribution is 5.78. The van der Waals surface area contributed by atoms with Crippen molar-refractivity contribution in [2.75, 3.05) is 0 Å². The quantitative estimate of drug-likeness (QED) is 0.699. The lowest BCUT2D eigenvalue weighted by Crippen LogP contribution is -1.79. The molecule has 13 heavy (non-hydrogen) atoms. The van der Waals surface area contributed by atoms with Crippen molar-refractivity contribution in [1.29, 1.82) is 0 Å². The lowest BCUT2D eigenvalue weighted by Gasteiger charge is -1.88. The van der Waals surface area contributed by atoms with Crippen LogP contribution in [0.2, 0.25) is 0 Å². The SMILES string of the molecule is C(=Nc1ccccc1)c1cn[nH]n1. The Morgan fingerprint density at radius 3 is 2.77 bits per heavy atom. The van der Waals surface area contributed by atoms with Crippen LogP contribution < -0.4 is 0 Å². The second-order valence-electron chi connectivity index (χ2n) is 2.49. The first-order chi connectivity index (χ1) is 6.45. The molecule has 0 bridgehead atoms. The van der Waals surface area contributed by atoms with Gasteiger partial charge in [-0.1, -0.05) is 18.2 Å². The molecule has 0 unspecified atom stereocenters. The molecule has 0 radical (unpaired) electrons. The van der Waals surface area contributed by atoms with Gasteiger partial charge in [0.1, 0.15) is 5.69 Å². The number of hydrogen-bond acceptors (Lipinski definition) is 3. The van der Waals surface area contributed by atoms with Gasteiger partial charge in [0.05, 0.1) is 18.1 Å². The van der Waals surface area contributed by atoms with Crippen LogP contribution in [0.4, 0.5) is 5.69 Å². The number of aromatic nitrogens is 3. The van der Waals surface area contributed by atoms with Gasteiger partial charge >= 0.3 is 0 Å². The van der Waals surface area contributed by atoms with Crippen LogP contribution in [0.5, 0.6) is 0 Å². The van der Waals surface area contributed by atoms with Crippen LogP contribution >= 0.6 is 0 Å². The van der Waals surface area contributed by atoms with E-state index in [2.05, 4.69) is 20.4 Å². The number of benzene rings is 1. The van der Waals surface area contributed by atoms with Crippen molar-refractivity contribution in [3.63, 3.8) is 0 Å². The first kappa shape index (κ1) is 7.67. The van der Waals surface area contributed by atoms with E-state index in [1.54, 1.807) is 12.4 Å². The highest BCUT2D eigenvalue weighted by Crippen LogP contribution is 2.08. The van der Waals surface area contributed by atoms with E-state index < -0.39 is 0 Å². The molecule has 1 heterocycles. The molecule has 0 aliphatic rings. The Morgan fingerprint density at radius 2 is 2.08 bits per heavy atom. The molecule has 2 rings (SSSR count).